The minimum atomic E-state index is 0.0785. The second-order valence-electron chi connectivity index (χ2n) is 8.18. The molecule has 0 fully saturated rings. The van der Waals surface area contributed by atoms with Crippen molar-refractivity contribution in [3.63, 3.8) is 0 Å². The Balaban J connectivity index is 2.08. The van der Waals surface area contributed by atoms with Gasteiger partial charge >= 0.3 is 0 Å². The first-order valence-corrected chi connectivity index (χ1v) is 11.8. The van der Waals surface area contributed by atoms with E-state index >= 15 is 0 Å². The molecular weight excluding hydrogens is 334 g/mol. The van der Waals surface area contributed by atoms with Crippen LogP contribution in [0.25, 0.3) is 0 Å². The zero-order valence-corrected chi connectivity index (χ0v) is 18.3. The molecule has 2 atom stereocenters. The number of hydrogen-bond acceptors (Lipinski definition) is 3. The van der Waals surface area contributed by atoms with Crippen molar-refractivity contribution in [3.8, 4) is 0 Å². The molecule has 0 aromatic carbocycles. The summed E-state index contributed by atoms with van der Waals surface area (Å²) >= 11 is 0. The lowest BCUT2D eigenvalue weighted by Crippen LogP contribution is -2.48. The molecule has 2 unspecified atom stereocenters. The second-order valence-corrected chi connectivity index (χ2v) is 8.18. The third-order valence-electron chi connectivity index (χ3n) is 5.64. The summed E-state index contributed by atoms with van der Waals surface area (Å²) < 4.78 is 0. The van der Waals surface area contributed by atoms with Gasteiger partial charge in [0.05, 0.1) is 6.17 Å². The molecule has 0 spiro atoms. The van der Waals surface area contributed by atoms with Gasteiger partial charge in [0.25, 0.3) is 0 Å². The molecule has 1 aliphatic rings. The standard InChI is InChI=1S/C23H45N3O/c1-4-6-8-10-11-12-13-14-16-18-23(27)25-21(3)26-20-19-24-22(26)17-15-9-7-5-2/h19,21-22H,4-18,20H2,1-3H3,(H,25,27). The average molecular weight is 380 g/mol. The summed E-state index contributed by atoms with van der Waals surface area (Å²) in [5, 5.41) is 3.19. The Bertz CT molecular complexity index is 397. The van der Waals surface area contributed by atoms with Crippen LogP contribution in [0.15, 0.2) is 4.99 Å². The summed E-state index contributed by atoms with van der Waals surface area (Å²) in [4.78, 5) is 19.2. The van der Waals surface area contributed by atoms with Crippen molar-refractivity contribution in [2.75, 3.05) is 6.54 Å². The molecule has 0 radical (unpaired) electrons. The predicted molar refractivity (Wildman–Crippen MR) is 117 cm³/mol. The molecule has 0 aromatic heterocycles. The number of nitrogens with one attached hydrogen (secondary N) is 1. The van der Waals surface area contributed by atoms with E-state index in [1.165, 1.54) is 77.0 Å². The van der Waals surface area contributed by atoms with E-state index in [0.717, 1.165) is 19.4 Å². The second kappa shape index (κ2) is 16.1. The first kappa shape index (κ1) is 24.1. The fraction of sp³-hybridized carbons (Fsp3) is 0.913. The quantitative estimate of drug-likeness (QED) is 0.313. The number of nitrogens with zero attached hydrogens (tertiary/aromatic N) is 2. The monoisotopic (exact) mass is 379 g/mol. The van der Waals surface area contributed by atoms with Gasteiger partial charge in [-0.1, -0.05) is 84.5 Å². The van der Waals surface area contributed by atoms with Crippen LogP contribution in [0.1, 0.15) is 117 Å². The molecule has 0 bridgehead atoms. The van der Waals surface area contributed by atoms with Crippen molar-refractivity contribution < 1.29 is 4.79 Å². The Morgan fingerprint density at radius 1 is 0.963 bits per heavy atom. The molecule has 1 rings (SSSR count). The van der Waals surface area contributed by atoms with Crippen molar-refractivity contribution in [2.24, 2.45) is 4.99 Å². The fourth-order valence-corrected chi connectivity index (χ4v) is 3.86. The van der Waals surface area contributed by atoms with Gasteiger partial charge in [0.1, 0.15) is 6.17 Å². The van der Waals surface area contributed by atoms with E-state index in [1.807, 2.05) is 6.21 Å². The molecule has 0 saturated heterocycles. The van der Waals surface area contributed by atoms with E-state index in [0.29, 0.717) is 6.42 Å². The molecule has 4 nitrogen and oxygen atoms in total. The zero-order chi connectivity index (χ0) is 19.7. The van der Waals surface area contributed by atoms with Gasteiger partial charge in [0.2, 0.25) is 5.91 Å². The van der Waals surface area contributed by atoms with Gasteiger partial charge in [-0.25, -0.2) is 0 Å². The van der Waals surface area contributed by atoms with Crippen molar-refractivity contribution in [1.29, 1.82) is 0 Å². The van der Waals surface area contributed by atoms with Gasteiger partial charge in [0, 0.05) is 19.2 Å². The van der Waals surface area contributed by atoms with Crippen LogP contribution in [0.4, 0.5) is 0 Å². The normalized spacial score (nSPS) is 18.1. The van der Waals surface area contributed by atoms with E-state index in [-0.39, 0.29) is 18.2 Å². The van der Waals surface area contributed by atoms with E-state index in [9.17, 15) is 4.79 Å². The maximum Gasteiger partial charge on any atom is 0.221 e. The summed E-state index contributed by atoms with van der Waals surface area (Å²) in [6.07, 6.45) is 20.8. The van der Waals surface area contributed by atoms with Gasteiger partial charge in [-0.2, -0.15) is 0 Å². The zero-order valence-electron chi connectivity index (χ0n) is 18.3. The third-order valence-corrected chi connectivity index (χ3v) is 5.64. The van der Waals surface area contributed by atoms with E-state index in [1.54, 1.807) is 0 Å². The molecular formula is C23H45N3O. The van der Waals surface area contributed by atoms with Crippen molar-refractivity contribution >= 4 is 12.1 Å². The summed E-state index contributed by atoms with van der Waals surface area (Å²) in [7, 11) is 0. The summed E-state index contributed by atoms with van der Waals surface area (Å²) in [5.41, 5.74) is 0. The number of hydrogen-bond donors (Lipinski definition) is 1. The molecule has 1 aliphatic heterocycles. The van der Waals surface area contributed by atoms with Gasteiger partial charge in [-0.15, -0.1) is 0 Å². The van der Waals surface area contributed by atoms with Gasteiger partial charge in [0.15, 0.2) is 0 Å². The maximum atomic E-state index is 12.2. The molecule has 158 valence electrons. The predicted octanol–water partition coefficient (Wildman–Crippen LogP) is 6.05. The highest BCUT2D eigenvalue weighted by atomic mass is 16.1. The summed E-state index contributed by atoms with van der Waals surface area (Å²) in [5.74, 6) is 0.196. The van der Waals surface area contributed by atoms with E-state index in [4.69, 9.17) is 0 Å². The molecule has 1 heterocycles. The Morgan fingerprint density at radius 2 is 1.52 bits per heavy atom. The third kappa shape index (κ3) is 11.5. The lowest BCUT2D eigenvalue weighted by Gasteiger charge is -2.30. The van der Waals surface area contributed by atoms with Crippen LogP contribution in [0.5, 0.6) is 0 Å². The highest BCUT2D eigenvalue weighted by Crippen LogP contribution is 2.17. The number of aliphatic imine (C=N–C) groups is 1. The molecule has 27 heavy (non-hydrogen) atoms. The fourth-order valence-electron chi connectivity index (χ4n) is 3.86. The van der Waals surface area contributed by atoms with Crippen LogP contribution in [0.3, 0.4) is 0 Å². The molecule has 4 heteroatoms. The minimum Gasteiger partial charge on any atom is -0.341 e. The van der Waals surface area contributed by atoms with Crippen molar-refractivity contribution in [3.05, 3.63) is 0 Å². The van der Waals surface area contributed by atoms with Crippen LogP contribution >= 0.6 is 0 Å². The van der Waals surface area contributed by atoms with Crippen LogP contribution in [0.2, 0.25) is 0 Å². The lowest BCUT2D eigenvalue weighted by molar-refractivity contribution is -0.123. The molecule has 1 N–H and O–H groups in total. The Kier molecular flexibility index (Phi) is 14.4. The van der Waals surface area contributed by atoms with Crippen LogP contribution in [-0.2, 0) is 4.79 Å². The Labute approximate surface area is 168 Å². The highest BCUT2D eigenvalue weighted by molar-refractivity contribution is 5.76. The first-order valence-electron chi connectivity index (χ1n) is 11.8. The summed E-state index contributed by atoms with van der Waals surface area (Å²) in [6, 6.07) is 0. The average Bonchev–Trinajstić information content (AvgIpc) is 3.12. The van der Waals surface area contributed by atoms with E-state index < -0.39 is 0 Å². The van der Waals surface area contributed by atoms with Gasteiger partial charge in [-0.3, -0.25) is 14.7 Å². The Morgan fingerprint density at radius 3 is 2.15 bits per heavy atom. The maximum absolute atomic E-state index is 12.2. The number of unbranched alkanes of at least 4 members (excludes halogenated alkanes) is 11. The largest absolute Gasteiger partial charge is 0.341 e. The minimum absolute atomic E-state index is 0.0785. The number of rotatable bonds is 17. The van der Waals surface area contributed by atoms with Crippen LogP contribution in [0, 0.1) is 0 Å². The summed E-state index contributed by atoms with van der Waals surface area (Å²) in [6.45, 7) is 7.46. The number of carbonyl (C=O) groups is 1. The van der Waals surface area contributed by atoms with Crippen molar-refractivity contribution in [1.82, 2.24) is 10.2 Å². The first-order chi connectivity index (χ1) is 13.2. The van der Waals surface area contributed by atoms with E-state index in [2.05, 4.69) is 36.0 Å². The SMILES string of the molecule is CCCCCCCCCCCC(=O)NC(C)N1CC=NC1CCCCCC. The molecule has 0 aliphatic carbocycles. The Hall–Kier alpha value is -0.900. The topological polar surface area (TPSA) is 44.7 Å². The molecule has 1 amide bonds. The van der Waals surface area contributed by atoms with Gasteiger partial charge in [-0.05, 0) is 26.2 Å². The van der Waals surface area contributed by atoms with Crippen molar-refractivity contribution in [2.45, 2.75) is 129 Å². The highest BCUT2D eigenvalue weighted by Gasteiger charge is 2.26. The lowest BCUT2D eigenvalue weighted by atomic mass is 10.1. The van der Waals surface area contributed by atoms with Crippen LogP contribution < -0.4 is 5.32 Å². The van der Waals surface area contributed by atoms with Crippen LogP contribution in [-0.4, -0.2) is 35.9 Å². The van der Waals surface area contributed by atoms with Gasteiger partial charge < -0.3 is 5.32 Å². The number of carbonyl (C=O) groups excluding carboxylic acids is 1. The molecule has 0 aromatic rings. The number of amides is 1. The molecule has 0 saturated carbocycles. The smallest absolute Gasteiger partial charge is 0.221 e.